The quantitative estimate of drug-likeness (QED) is 0.786. The molecule has 0 aliphatic rings. The minimum atomic E-state index is -1.31. The number of hydrogen-bond donors (Lipinski definition) is 1. The lowest BCUT2D eigenvalue weighted by Gasteiger charge is -2.14. The maximum atomic E-state index is 13.9. The van der Waals surface area contributed by atoms with E-state index in [1.54, 1.807) is 12.1 Å². The van der Waals surface area contributed by atoms with Crippen molar-refractivity contribution in [2.45, 2.75) is 32.3 Å². The number of aliphatic hydroxyl groups is 1. The lowest BCUT2D eigenvalue weighted by Crippen LogP contribution is -2.06. The molecule has 1 atom stereocenters. The van der Waals surface area contributed by atoms with E-state index in [9.17, 15) is 13.9 Å². The summed E-state index contributed by atoms with van der Waals surface area (Å²) in [5.74, 6) is -1.52. The molecule has 0 saturated heterocycles. The minimum absolute atomic E-state index is 0.309. The number of halogens is 3. The number of aryl methyl sites for hydroxylation is 1. The van der Waals surface area contributed by atoms with E-state index in [0.29, 0.717) is 10.0 Å². The van der Waals surface area contributed by atoms with Gasteiger partial charge in [0, 0.05) is 4.47 Å². The Balaban J connectivity index is 2.26. The van der Waals surface area contributed by atoms with Crippen LogP contribution in [0.2, 0.25) is 0 Å². The first-order valence-corrected chi connectivity index (χ1v) is 7.73. The highest BCUT2D eigenvalue weighted by molar-refractivity contribution is 9.10. The number of unbranched alkanes of at least 4 members (excludes halogenated alkanes) is 1. The van der Waals surface area contributed by atoms with Crippen molar-refractivity contribution >= 4 is 15.9 Å². The standard InChI is InChI=1S/C17H17BrF2O/c1-2-3-4-11-5-7-12(8-6-11)17(21)16-14(19)9-13(18)10-15(16)20/h5-10,17,21H,2-4H2,1H3. The van der Waals surface area contributed by atoms with Crippen LogP contribution in [-0.2, 0) is 6.42 Å². The Morgan fingerprint density at radius 2 is 1.67 bits per heavy atom. The van der Waals surface area contributed by atoms with E-state index in [1.165, 1.54) is 0 Å². The van der Waals surface area contributed by atoms with E-state index in [-0.39, 0.29) is 5.56 Å². The number of aliphatic hydroxyl groups excluding tert-OH is 1. The smallest absolute Gasteiger partial charge is 0.133 e. The zero-order valence-electron chi connectivity index (χ0n) is 11.7. The summed E-state index contributed by atoms with van der Waals surface area (Å²) >= 11 is 3.02. The van der Waals surface area contributed by atoms with Gasteiger partial charge >= 0.3 is 0 Å². The van der Waals surface area contributed by atoms with Gasteiger partial charge in [0.15, 0.2) is 0 Å². The summed E-state index contributed by atoms with van der Waals surface area (Å²) in [6.07, 6.45) is 1.86. The zero-order valence-corrected chi connectivity index (χ0v) is 13.3. The molecule has 0 fully saturated rings. The molecule has 21 heavy (non-hydrogen) atoms. The molecular weight excluding hydrogens is 338 g/mol. The summed E-state index contributed by atoms with van der Waals surface area (Å²) in [6.45, 7) is 2.12. The van der Waals surface area contributed by atoms with Gasteiger partial charge in [0.25, 0.3) is 0 Å². The van der Waals surface area contributed by atoms with Crippen LogP contribution in [0.15, 0.2) is 40.9 Å². The third-order valence-corrected chi connectivity index (χ3v) is 3.89. The highest BCUT2D eigenvalue weighted by Gasteiger charge is 2.20. The van der Waals surface area contributed by atoms with Gasteiger partial charge in [-0.15, -0.1) is 0 Å². The van der Waals surface area contributed by atoms with Gasteiger partial charge < -0.3 is 5.11 Å². The van der Waals surface area contributed by atoms with Crippen molar-refractivity contribution < 1.29 is 13.9 Å². The van der Waals surface area contributed by atoms with Gasteiger partial charge in [-0.1, -0.05) is 53.5 Å². The molecule has 2 aromatic carbocycles. The van der Waals surface area contributed by atoms with Crippen LogP contribution in [0, 0.1) is 11.6 Å². The average Bonchev–Trinajstić information content (AvgIpc) is 2.44. The van der Waals surface area contributed by atoms with E-state index in [4.69, 9.17) is 0 Å². The summed E-state index contributed by atoms with van der Waals surface area (Å²) in [7, 11) is 0. The normalized spacial score (nSPS) is 12.4. The van der Waals surface area contributed by atoms with E-state index >= 15 is 0 Å². The Labute approximate surface area is 131 Å². The van der Waals surface area contributed by atoms with Crippen LogP contribution < -0.4 is 0 Å². The molecule has 2 aromatic rings. The summed E-state index contributed by atoms with van der Waals surface area (Å²) in [4.78, 5) is 0. The molecule has 0 spiro atoms. The first-order chi connectivity index (χ1) is 10.0. The molecular formula is C17H17BrF2O. The van der Waals surface area contributed by atoms with Gasteiger partial charge in [0.05, 0.1) is 5.56 Å². The minimum Gasteiger partial charge on any atom is -0.383 e. The highest BCUT2D eigenvalue weighted by Crippen LogP contribution is 2.29. The lowest BCUT2D eigenvalue weighted by atomic mass is 9.98. The topological polar surface area (TPSA) is 20.2 Å². The van der Waals surface area contributed by atoms with Gasteiger partial charge in [-0.25, -0.2) is 8.78 Å². The molecule has 2 rings (SSSR count). The van der Waals surface area contributed by atoms with Crippen molar-refractivity contribution in [3.05, 3.63) is 69.2 Å². The fourth-order valence-corrected chi connectivity index (χ4v) is 2.63. The molecule has 0 bridgehead atoms. The van der Waals surface area contributed by atoms with Crippen LogP contribution in [0.3, 0.4) is 0 Å². The second-order valence-corrected chi connectivity index (χ2v) is 5.95. The van der Waals surface area contributed by atoms with E-state index in [2.05, 4.69) is 22.9 Å². The van der Waals surface area contributed by atoms with E-state index in [0.717, 1.165) is 37.0 Å². The fourth-order valence-electron chi connectivity index (χ4n) is 2.23. The molecule has 0 amide bonds. The molecule has 1 N–H and O–H groups in total. The van der Waals surface area contributed by atoms with Gasteiger partial charge in [-0.05, 0) is 36.1 Å². The molecule has 0 aromatic heterocycles. The molecule has 112 valence electrons. The number of benzene rings is 2. The predicted octanol–water partition coefficient (Wildman–Crippen LogP) is 5.15. The molecule has 0 heterocycles. The van der Waals surface area contributed by atoms with Crippen LogP contribution in [-0.4, -0.2) is 5.11 Å². The van der Waals surface area contributed by atoms with Crippen molar-refractivity contribution in [3.8, 4) is 0 Å². The molecule has 4 heteroatoms. The van der Waals surface area contributed by atoms with Crippen LogP contribution in [0.1, 0.15) is 42.6 Å². The average molecular weight is 355 g/mol. The number of rotatable bonds is 5. The maximum Gasteiger partial charge on any atom is 0.133 e. The Bertz CT molecular complexity index is 588. The third kappa shape index (κ3) is 3.89. The second kappa shape index (κ2) is 7.14. The SMILES string of the molecule is CCCCc1ccc(C(O)c2c(F)cc(Br)cc2F)cc1. The van der Waals surface area contributed by atoms with Crippen molar-refractivity contribution in [2.75, 3.05) is 0 Å². The van der Waals surface area contributed by atoms with Crippen molar-refractivity contribution in [1.29, 1.82) is 0 Å². The van der Waals surface area contributed by atoms with Crippen molar-refractivity contribution in [3.63, 3.8) is 0 Å². The van der Waals surface area contributed by atoms with Crippen LogP contribution in [0.4, 0.5) is 8.78 Å². The first kappa shape index (κ1) is 16.1. The zero-order chi connectivity index (χ0) is 15.4. The second-order valence-electron chi connectivity index (χ2n) is 5.03. The molecule has 0 saturated carbocycles. The monoisotopic (exact) mass is 354 g/mol. The van der Waals surface area contributed by atoms with E-state index < -0.39 is 17.7 Å². The van der Waals surface area contributed by atoms with Crippen LogP contribution >= 0.6 is 15.9 Å². The molecule has 0 radical (unpaired) electrons. The molecule has 0 aliphatic heterocycles. The lowest BCUT2D eigenvalue weighted by molar-refractivity contribution is 0.209. The van der Waals surface area contributed by atoms with Gasteiger partial charge in [0.2, 0.25) is 0 Å². The largest absolute Gasteiger partial charge is 0.383 e. The Morgan fingerprint density at radius 1 is 1.10 bits per heavy atom. The summed E-state index contributed by atoms with van der Waals surface area (Å²) in [6, 6.07) is 9.52. The van der Waals surface area contributed by atoms with Crippen LogP contribution in [0.25, 0.3) is 0 Å². The summed E-state index contributed by atoms with van der Waals surface area (Å²) < 4.78 is 28.0. The molecule has 0 aliphatic carbocycles. The summed E-state index contributed by atoms with van der Waals surface area (Å²) in [5.41, 5.74) is 1.32. The molecule has 1 unspecified atom stereocenters. The first-order valence-electron chi connectivity index (χ1n) is 6.94. The van der Waals surface area contributed by atoms with Crippen LogP contribution in [0.5, 0.6) is 0 Å². The van der Waals surface area contributed by atoms with Crippen molar-refractivity contribution in [1.82, 2.24) is 0 Å². The van der Waals surface area contributed by atoms with Crippen molar-refractivity contribution in [2.24, 2.45) is 0 Å². The Hall–Kier alpha value is -1.26. The van der Waals surface area contributed by atoms with E-state index in [1.807, 2.05) is 12.1 Å². The maximum absolute atomic E-state index is 13.9. The van der Waals surface area contributed by atoms with Gasteiger partial charge in [-0.2, -0.15) is 0 Å². The Morgan fingerprint density at radius 3 is 2.19 bits per heavy atom. The predicted molar refractivity (Wildman–Crippen MR) is 83.2 cm³/mol. The third-order valence-electron chi connectivity index (χ3n) is 3.43. The van der Waals surface area contributed by atoms with Gasteiger partial charge in [-0.3, -0.25) is 0 Å². The Kier molecular flexibility index (Phi) is 5.48. The fraction of sp³-hybridized carbons (Fsp3) is 0.294. The number of hydrogen-bond acceptors (Lipinski definition) is 1. The van der Waals surface area contributed by atoms with Gasteiger partial charge in [0.1, 0.15) is 17.7 Å². The molecule has 1 nitrogen and oxygen atoms in total. The summed E-state index contributed by atoms with van der Waals surface area (Å²) in [5, 5.41) is 10.2. The highest BCUT2D eigenvalue weighted by atomic mass is 79.9.